The first kappa shape index (κ1) is 16.5. The van der Waals surface area contributed by atoms with E-state index < -0.39 is 12.4 Å². The van der Waals surface area contributed by atoms with Crippen LogP contribution in [0.4, 0.5) is 12.9 Å². The standard InChI is InChI=1S/C11H13BF3O2.K/c13-12(14,15)10-5-1-2-6-11(10)17-8-9-4-3-7-16-9;/h1-2,5-6,9H,3-4,7-8H2;/q-1;+1. The summed E-state index contributed by atoms with van der Waals surface area (Å²) in [5.74, 6) is -0.101. The van der Waals surface area contributed by atoms with Gasteiger partial charge in [0.25, 0.3) is 0 Å². The fourth-order valence-electron chi connectivity index (χ4n) is 1.84. The third-order valence-corrected chi connectivity index (χ3v) is 2.72. The molecule has 1 atom stereocenters. The van der Waals surface area contributed by atoms with Gasteiger partial charge in [-0.25, -0.2) is 0 Å². The molecular weight excluding hydrogens is 271 g/mol. The quantitative estimate of drug-likeness (QED) is 0.681. The maximum atomic E-state index is 12.7. The van der Waals surface area contributed by atoms with Gasteiger partial charge in [0.15, 0.2) is 0 Å². The zero-order valence-electron chi connectivity index (χ0n) is 10.2. The van der Waals surface area contributed by atoms with Crippen molar-refractivity contribution < 1.29 is 73.8 Å². The predicted octanol–water partition coefficient (Wildman–Crippen LogP) is -0.697. The summed E-state index contributed by atoms with van der Waals surface area (Å²) < 4.78 is 48.6. The van der Waals surface area contributed by atoms with E-state index in [0.717, 1.165) is 18.9 Å². The Bertz CT molecular complexity index is 381. The Labute approximate surface area is 147 Å². The predicted molar refractivity (Wildman–Crippen MR) is 59.6 cm³/mol. The zero-order chi connectivity index (χ0) is 12.3. The Morgan fingerprint density at radius 1 is 1.28 bits per heavy atom. The monoisotopic (exact) mass is 284 g/mol. The van der Waals surface area contributed by atoms with Crippen LogP contribution >= 0.6 is 0 Å². The van der Waals surface area contributed by atoms with Crippen LogP contribution in [0.2, 0.25) is 0 Å². The van der Waals surface area contributed by atoms with Crippen molar-refractivity contribution in [3.8, 4) is 5.75 Å². The van der Waals surface area contributed by atoms with Crippen LogP contribution in [0.3, 0.4) is 0 Å². The molecule has 1 fully saturated rings. The van der Waals surface area contributed by atoms with Gasteiger partial charge in [0.05, 0.1) is 11.9 Å². The van der Waals surface area contributed by atoms with Crippen molar-refractivity contribution in [2.45, 2.75) is 18.9 Å². The van der Waals surface area contributed by atoms with Crippen LogP contribution in [0.1, 0.15) is 12.8 Å². The molecule has 1 aromatic carbocycles. The summed E-state index contributed by atoms with van der Waals surface area (Å²) in [6.07, 6.45) is 1.71. The van der Waals surface area contributed by atoms with Gasteiger partial charge in [-0.15, -0.1) is 0 Å². The molecule has 2 rings (SSSR count). The molecule has 1 aliphatic heterocycles. The van der Waals surface area contributed by atoms with Crippen molar-refractivity contribution >= 4 is 12.4 Å². The first-order valence-electron chi connectivity index (χ1n) is 5.60. The topological polar surface area (TPSA) is 18.5 Å². The van der Waals surface area contributed by atoms with E-state index in [-0.39, 0.29) is 69.8 Å². The first-order valence-corrected chi connectivity index (χ1v) is 5.60. The van der Waals surface area contributed by atoms with Crippen LogP contribution in [0, 0.1) is 0 Å². The molecule has 7 heteroatoms. The van der Waals surface area contributed by atoms with E-state index >= 15 is 0 Å². The first-order chi connectivity index (χ1) is 8.07. The molecule has 0 amide bonds. The maximum Gasteiger partial charge on any atom is 1.00 e. The molecule has 0 bridgehead atoms. The molecule has 1 aliphatic rings. The van der Waals surface area contributed by atoms with Crippen LogP contribution in [0.15, 0.2) is 24.3 Å². The summed E-state index contributed by atoms with van der Waals surface area (Å²) in [6, 6.07) is 5.30. The second kappa shape index (κ2) is 7.31. The molecule has 0 saturated carbocycles. The van der Waals surface area contributed by atoms with E-state index in [1.165, 1.54) is 18.2 Å². The number of hydrogen-bond donors (Lipinski definition) is 0. The fraction of sp³-hybridized carbons (Fsp3) is 0.455. The van der Waals surface area contributed by atoms with Gasteiger partial charge >= 0.3 is 58.4 Å². The minimum atomic E-state index is -5.03. The Balaban J connectivity index is 0.00000162. The number of ether oxygens (including phenoxy) is 2. The van der Waals surface area contributed by atoms with Crippen molar-refractivity contribution in [2.75, 3.05) is 13.2 Å². The van der Waals surface area contributed by atoms with Crippen molar-refractivity contribution in [1.82, 2.24) is 0 Å². The van der Waals surface area contributed by atoms with Crippen LogP contribution < -0.4 is 61.6 Å². The third kappa shape index (κ3) is 4.54. The summed E-state index contributed by atoms with van der Waals surface area (Å²) in [5.41, 5.74) is -0.675. The van der Waals surface area contributed by atoms with Crippen LogP contribution in [0.25, 0.3) is 0 Å². The van der Waals surface area contributed by atoms with E-state index in [1.807, 2.05) is 0 Å². The van der Waals surface area contributed by atoms with Gasteiger partial charge in [-0.05, 0) is 18.9 Å². The second-order valence-corrected chi connectivity index (χ2v) is 4.06. The second-order valence-electron chi connectivity index (χ2n) is 4.06. The summed E-state index contributed by atoms with van der Waals surface area (Å²) >= 11 is 0. The third-order valence-electron chi connectivity index (χ3n) is 2.72. The summed E-state index contributed by atoms with van der Waals surface area (Å²) in [7, 11) is 0. The fourth-order valence-corrected chi connectivity index (χ4v) is 1.84. The van der Waals surface area contributed by atoms with Gasteiger partial charge in [0, 0.05) is 6.61 Å². The van der Waals surface area contributed by atoms with Gasteiger partial charge in [0.2, 0.25) is 0 Å². The van der Waals surface area contributed by atoms with E-state index in [0.29, 0.717) is 6.61 Å². The summed E-state index contributed by atoms with van der Waals surface area (Å²) in [6.45, 7) is -4.18. The Morgan fingerprint density at radius 2 is 2.00 bits per heavy atom. The van der Waals surface area contributed by atoms with Crippen LogP contribution in [-0.4, -0.2) is 26.3 Å². The zero-order valence-corrected chi connectivity index (χ0v) is 13.4. The summed E-state index contributed by atoms with van der Waals surface area (Å²) in [4.78, 5) is 0. The molecule has 0 N–H and O–H groups in total. The van der Waals surface area contributed by atoms with E-state index in [2.05, 4.69) is 0 Å². The number of hydrogen-bond acceptors (Lipinski definition) is 2. The smallest absolute Gasteiger partial charge is 0.494 e. The van der Waals surface area contributed by atoms with E-state index in [1.54, 1.807) is 0 Å². The minimum absolute atomic E-state index is 0. The Morgan fingerprint density at radius 3 is 2.61 bits per heavy atom. The van der Waals surface area contributed by atoms with Gasteiger partial charge in [-0.2, -0.15) is 0 Å². The molecule has 2 nitrogen and oxygen atoms in total. The summed E-state index contributed by atoms with van der Waals surface area (Å²) in [5, 5.41) is 0. The average Bonchev–Trinajstić information content (AvgIpc) is 2.78. The van der Waals surface area contributed by atoms with Crippen LogP contribution in [-0.2, 0) is 4.74 Å². The van der Waals surface area contributed by atoms with Gasteiger partial charge in [-0.1, -0.05) is 23.7 Å². The van der Waals surface area contributed by atoms with Gasteiger partial charge in [0.1, 0.15) is 6.61 Å². The van der Waals surface area contributed by atoms with E-state index in [4.69, 9.17) is 9.47 Å². The van der Waals surface area contributed by atoms with Crippen LogP contribution in [0.5, 0.6) is 5.75 Å². The molecule has 0 radical (unpaired) electrons. The number of para-hydroxylation sites is 1. The van der Waals surface area contributed by atoms with E-state index in [9.17, 15) is 12.9 Å². The molecule has 1 heterocycles. The van der Waals surface area contributed by atoms with Gasteiger partial charge < -0.3 is 22.4 Å². The van der Waals surface area contributed by atoms with Crippen molar-refractivity contribution in [3.63, 3.8) is 0 Å². The van der Waals surface area contributed by atoms with Gasteiger partial charge in [-0.3, -0.25) is 0 Å². The van der Waals surface area contributed by atoms with Crippen molar-refractivity contribution in [1.29, 1.82) is 0 Å². The largest absolute Gasteiger partial charge is 1.00 e. The Kier molecular flexibility index (Phi) is 6.71. The molecule has 18 heavy (non-hydrogen) atoms. The minimum Gasteiger partial charge on any atom is -0.494 e. The Hall–Kier alpha value is 0.471. The molecule has 0 spiro atoms. The molecule has 0 aromatic heterocycles. The van der Waals surface area contributed by atoms with Crippen molar-refractivity contribution in [2.24, 2.45) is 0 Å². The average molecular weight is 284 g/mol. The molecular formula is C11H13BF3KO2. The molecule has 1 saturated heterocycles. The maximum absolute atomic E-state index is 12.7. The molecule has 94 valence electrons. The molecule has 1 aromatic rings. The van der Waals surface area contributed by atoms with Crippen molar-refractivity contribution in [3.05, 3.63) is 24.3 Å². The number of halogens is 3. The molecule has 0 aliphatic carbocycles. The normalized spacial score (nSPS) is 19.4. The SMILES string of the molecule is F[B-](F)(F)c1ccccc1OCC1CCCO1.[K+]. The molecule has 1 unspecified atom stereocenters. The number of rotatable bonds is 4. The number of benzene rings is 1.